The zero-order valence-electron chi connectivity index (χ0n) is 10.4. The van der Waals surface area contributed by atoms with E-state index in [-0.39, 0.29) is 0 Å². The van der Waals surface area contributed by atoms with Gasteiger partial charge in [-0.15, -0.1) is 35.7 Å². The molecule has 0 fully saturated rings. The van der Waals surface area contributed by atoms with Gasteiger partial charge in [0.1, 0.15) is 0 Å². The van der Waals surface area contributed by atoms with E-state index in [1.807, 2.05) is 20.8 Å². The molecule has 0 aliphatic heterocycles. The number of hydrogen-bond donors (Lipinski definition) is 0. The molecule has 110 valence electrons. The van der Waals surface area contributed by atoms with Gasteiger partial charge in [0, 0.05) is 0 Å². The van der Waals surface area contributed by atoms with Crippen molar-refractivity contribution < 1.29 is 13.2 Å². The van der Waals surface area contributed by atoms with Crippen LogP contribution in [0.2, 0.25) is 0 Å². The Bertz CT molecular complexity index is 279. The Balaban J connectivity index is 5.04. The molecule has 0 aliphatic carbocycles. The second kappa shape index (κ2) is 9.67. The highest BCUT2D eigenvalue weighted by atomic mass is 32.8. The zero-order valence-corrected chi connectivity index (χ0v) is 21.8. The lowest BCUT2D eigenvalue weighted by atomic mass is 10.3. The minimum Gasteiger partial charge on any atom is -0.276 e. The Kier molecular flexibility index (Phi) is 12.1. The second-order valence-corrected chi connectivity index (χ2v) is 36.6. The van der Waals surface area contributed by atoms with Crippen LogP contribution in [-0.2, 0) is 13.2 Å². The smallest absolute Gasteiger partial charge is 0.276 e. The van der Waals surface area contributed by atoms with E-state index in [2.05, 4.69) is 53.6 Å². The molecule has 0 spiro atoms. The van der Waals surface area contributed by atoms with Crippen molar-refractivity contribution in [3.05, 3.63) is 0 Å². The van der Waals surface area contributed by atoms with Gasteiger partial charge >= 0.3 is 7.60 Å². The van der Waals surface area contributed by atoms with Crippen LogP contribution in [0.3, 0.4) is 0 Å². The van der Waals surface area contributed by atoms with Crippen molar-refractivity contribution >= 4 is 90.2 Å². The van der Waals surface area contributed by atoms with Gasteiger partial charge in [0.2, 0.25) is 0 Å². The van der Waals surface area contributed by atoms with Crippen LogP contribution < -0.4 is 0 Å². The highest BCUT2D eigenvalue weighted by Gasteiger charge is 2.43. The Morgan fingerprint density at radius 1 is 0.833 bits per heavy atom. The van der Waals surface area contributed by atoms with Crippen molar-refractivity contribution in [2.45, 2.75) is 25.9 Å². The van der Waals surface area contributed by atoms with Gasteiger partial charge in [0.15, 0.2) is 0 Å². The van der Waals surface area contributed by atoms with E-state index in [1.54, 1.807) is 0 Å². The molecule has 0 N–H and O–H groups in total. The first-order valence-corrected chi connectivity index (χ1v) is 22.5. The maximum atomic E-state index is 13.0. The SMILES string of the molecule is CC(C)(C)P(=O)(OP(P)P(P)P)OP(P)P(P)P. The van der Waals surface area contributed by atoms with Crippen LogP contribution in [0.15, 0.2) is 0 Å². The van der Waals surface area contributed by atoms with E-state index in [1.165, 1.54) is 0 Å². The van der Waals surface area contributed by atoms with Crippen LogP contribution >= 0.6 is 90.2 Å². The molecule has 0 aromatic heterocycles. The van der Waals surface area contributed by atoms with Crippen molar-refractivity contribution in [2.75, 3.05) is 0 Å². The van der Waals surface area contributed by atoms with Crippen LogP contribution in [0.1, 0.15) is 20.8 Å². The van der Waals surface area contributed by atoms with E-state index < -0.39 is 41.8 Å². The largest absolute Gasteiger partial charge is 0.343 e. The van der Waals surface area contributed by atoms with E-state index in [4.69, 9.17) is 8.62 Å². The fraction of sp³-hybridized carbons (Fsp3) is 1.00. The Hall–Kier alpha value is 4.45. The molecule has 8 unspecified atom stereocenters. The summed E-state index contributed by atoms with van der Waals surface area (Å²) >= 11 is 0. The Morgan fingerprint density at radius 2 is 1.11 bits per heavy atom. The maximum Gasteiger partial charge on any atom is 0.343 e. The quantitative estimate of drug-likeness (QED) is 0.391. The normalized spacial score (nSPS) is 19.9. The van der Waals surface area contributed by atoms with Gasteiger partial charge in [-0.3, -0.25) is 13.2 Å². The Labute approximate surface area is 129 Å². The third kappa shape index (κ3) is 7.82. The van der Waals surface area contributed by atoms with Crippen molar-refractivity contribution in [1.82, 2.24) is 0 Å². The first-order valence-electron chi connectivity index (χ1n) is 4.59. The van der Waals surface area contributed by atoms with E-state index >= 15 is 0 Å². The average Bonchev–Trinajstić information content (AvgIpc) is 2.14. The van der Waals surface area contributed by atoms with Gasteiger partial charge in [-0.05, 0) is 34.7 Å². The van der Waals surface area contributed by atoms with Crippen LogP contribution in [-0.4, -0.2) is 5.16 Å². The molecule has 0 aromatic carbocycles. The van der Waals surface area contributed by atoms with Crippen LogP contribution in [0.5, 0.6) is 0 Å². The number of hydrogen-bond acceptors (Lipinski definition) is 3. The molecule has 8 atom stereocenters. The summed E-state index contributed by atoms with van der Waals surface area (Å²) < 4.78 is 24.7. The predicted molar refractivity (Wildman–Crippen MR) is 115 cm³/mol. The maximum absolute atomic E-state index is 13.0. The fourth-order valence-electron chi connectivity index (χ4n) is 0.564. The van der Waals surface area contributed by atoms with Crippen LogP contribution in [0.25, 0.3) is 0 Å². The molecule has 14 heteroatoms. The molecular weight excluding hydrogens is 437 g/mol. The predicted octanol–water partition coefficient (Wildman–Crippen LogP) is 7.34. The van der Waals surface area contributed by atoms with E-state index in [0.29, 0.717) is 0 Å². The molecule has 0 aliphatic rings. The monoisotopic (exact) mass is 458 g/mol. The highest BCUT2D eigenvalue weighted by Crippen LogP contribution is 2.93. The zero-order chi connectivity index (χ0) is 14.7. The van der Waals surface area contributed by atoms with Gasteiger partial charge < -0.3 is 0 Å². The molecule has 0 rings (SSSR count). The summed E-state index contributed by atoms with van der Waals surface area (Å²) in [7, 11) is 11.4. The fourth-order valence-corrected chi connectivity index (χ4v) is 15.4. The summed E-state index contributed by atoms with van der Waals surface area (Å²) in [5, 5.41) is -0.511. The third-order valence-corrected chi connectivity index (χ3v) is 35.6. The van der Waals surface area contributed by atoms with Gasteiger partial charge in [-0.25, -0.2) is 0 Å². The van der Waals surface area contributed by atoms with Gasteiger partial charge in [0.05, 0.1) is 20.2 Å². The molecule has 0 heterocycles. The first kappa shape index (κ1) is 22.4. The van der Waals surface area contributed by atoms with E-state index in [0.717, 1.165) is 0 Å². The van der Waals surface area contributed by atoms with Crippen LogP contribution in [0.4, 0.5) is 0 Å². The van der Waals surface area contributed by atoms with Crippen molar-refractivity contribution in [1.29, 1.82) is 0 Å². The lowest BCUT2D eigenvalue weighted by Crippen LogP contribution is -2.15. The molecule has 18 heavy (non-hydrogen) atoms. The van der Waals surface area contributed by atoms with Gasteiger partial charge in [0.25, 0.3) is 0 Å². The summed E-state index contributed by atoms with van der Waals surface area (Å²) in [4.78, 5) is 0. The van der Waals surface area contributed by atoms with Crippen molar-refractivity contribution in [3.63, 3.8) is 0 Å². The summed E-state index contributed by atoms with van der Waals surface area (Å²) in [6.45, 7) is 4.84. The molecule has 0 bridgehead atoms. The lowest BCUT2D eigenvalue weighted by Gasteiger charge is -2.34. The molecule has 0 aromatic rings. The molecular formula is C4H21O3P11. The summed E-state index contributed by atoms with van der Waals surface area (Å²) in [6.07, 6.45) is 0. The highest BCUT2D eigenvalue weighted by molar-refractivity contribution is 8.82. The molecule has 0 amide bonds. The summed E-state index contributed by atoms with van der Waals surface area (Å²) in [6, 6.07) is 0. The molecule has 0 radical (unpaired) electrons. The molecule has 0 saturated carbocycles. The second-order valence-electron chi connectivity index (χ2n) is 4.20. The van der Waals surface area contributed by atoms with Crippen molar-refractivity contribution in [2.24, 2.45) is 0 Å². The van der Waals surface area contributed by atoms with Crippen LogP contribution in [0, 0.1) is 0 Å². The number of rotatable bonds is 6. The minimum absolute atomic E-state index is 0.432. The average molecular weight is 458 g/mol. The summed E-state index contributed by atoms with van der Waals surface area (Å²) in [5.74, 6) is 0. The van der Waals surface area contributed by atoms with Gasteiger partial charge in [-0.2, -0.15) is 0 Å². The minimum atomic E-state index is -3.13. The topological polar surface area (TPSA) is 35.5 Å². The lowest BCUT2D eigenvalue weighted by molar-refractivity contribution is 0.392. The molecule has 0 saturated heterocycles. The van der Waals surface area contributed by atoms with Gasteiger partial charge in [-0.1, -0.05) is 17.9 Å². The van der Waals surface area contributed by atoms with Crippen molar-refractivity contribution in [3.8, 4) is 0 Å². The molecule has 3 nitrogen and oxygen atoms in total. The Morgan fingerprint density at radius 3 is 1.28 bits per heavy atom. The standard InChI is InChI=1S/C4H21O3P11/c1-4(2,3)18(5,6-14(8)16(10)11)7-15(9)17(12)13/h8-13H2,1-3H3. The first-order chi connectivity index (χ1) is 7.90. The van der Waals surface area contributed by atoms with E-state index in [9.17, 15) is 4.57 Å². The summed E-state index contributed by atoms with van der Waals surface area (Å²) in [5.41, 5.74) is 0. The third-order valence-electron chi connectivity index (χ3n) is 1.66.